The van der Waals surface area contributed by atoms with E-state index in [4.69, 9.17) is 11.6 Å². The largest absolute Gasteiger partial charge is 0.376 e. The van der Waals surface area contributed by atoms with Gasteiger partial charge in [-0.25, -0.2) is 17.6 Å². The molecule has 0 spiro atoms. The minimum Gasteiger partial charge on any atom is -0.376 e. The summed E-state index contributed by atoms with van der Waals surface area (Å²) in [5, 5.41) is 2.72. The van der Waals surface area contributed by atoms with E-state index < -0.39 is 29.0 Å². The number of benzene rings is 2. The van der Waals surface area contributed by atoms with Crippen LogP contribution >= 0.6 is 11.6 Å². The third-order valence-electron chi connectivity index (χ3n) is 2.78. The summed E-state index contributed by atoms with van der Waals surface area (Å²) >= 11 is 5.96. The van der Waals surface area contributed by atoms with Crippen LogP contribution in [0.1, 0.15) is 11.1 Å². The van der Waals surface area contributed by atoms with Gasteiger partial charge in [0, 0.05) is 17.6 Å². The highest BCUT2D eigenvalue weighted by Crippen LogP contribution is 2.26. The average molecular weight is 304 g/mol. The van der Waals surface area contributed by atoms with Crippen molar-refractivity contribution in [3.05, 3.63) is 63.7 Å². The van der Waals surface area contributed by atoms with Gasteiger partial charge in [-0.2, -0.15) is 0 Å². The quantitative estimate of drug-likeness (QED) is 0.633. The van der Waals surface area contributed by atoms with E-state index in [1.165, 1.54) is 0 Å². The molecule has 0 aliphatic carbocycles. The van der Waals surface area contributed by atoms with Gasteiger partial charge >= 0.3 is 0 Å². The van der Waals surface area contributed by atoms with E-state index in [1.807, 2.05) is 6.92 Å². The van der Waals surface area contributed by atoms with Crippen molar-refractivity contribution in [3.8, 4) is 0 Å². The summed E-state index contributed by atoms with van der Waals surface area (Å²) in [4.78, 5) is 0. The molecular formula is C14H10ClF4N. The summed E-state index contributed by atoms with van der Waals surface area (Å²) in [6.45, 7) is 1.78. The molecule has 2 rings (SSSR count). The SMILES string of the molecule is Cc1ccc(CNc2c(F)c(F)cc(F)c2F)c(Cl)c1. The number of halogens is 5. The van der Waals surface area contributed by atoms with Crippen molar-refractivity contribution in [3.63, 3.8) is 0 Å². The van der Waals surface area contributed by atoms with Gasteiger partial charge in [0.15, 0.2) is 23.3 Å². The zero-order valence-corrected chi connectivity index (χ0v) is 11.2. The Morgan fingerprint density at radius 3 is 2.15 bits per heavy atom. The Balaban J connectivity index is 2.27. The fourth-order valence-corrected chi connectivity index (χ4v) is 2.01. The van der Waals surface area contributed by atoms with Crippen molar-refractivity contribution in [1.82, 2.24) is 0 Å². The monoisotopic (exact) mass is 303 g/mol. The van der Waals surface area contributed by atoms with Gasteiger partial charge in [-0.1, -0.05) is 23.7 Å². The van der Waals surface area contributed by atoms with E-state index in [-0.39, 0.29) is 12.6 Å². The standard InChI is InChI=1S/C14H10ClF4N/c1-7-2-3-8(9(15)4-7)6-20-14-12(18)10(16)5-11(17)13(14)19/h2-5,20H,6H2,1H3. The number of aryl methyl sites for hydroxylation is 1. The molecule has 0 aromatic heterocycles. The molecule has 6 heteroatoms. The number of hydrogen-bond acceptors (Lipinski definition) is 1. The summed E-state index contributed by atoms with van der Waals surface area (Å²) in [5.41, 5.74) is 0.632. The fraction of sp³-hybridized carbons (Fsp3) is 0.143. The van der Waals surface area contributed by atoms with Crippen molar-refractivity contribution >= 4 is 17.3 Å². The number of hydrogen-bond donors (Lipinski definition) is 1. The van der Waals surface area contributed by atoms with Crippen LogP contribution in [0.4, 0.5) is 23.2 Å². The van der Waals surface area contributed by atoms with Gasteiger partial charge in [0.2, 0.25) is 0 Å². The van der Waals surface area contributed by atoms with Crippen molar-refractivity contribution < 1.29 is 17.6 Å². The maximum Gasteiger partial charge on any atom is 0.185 e. The molecule has 0 atom stereocenters. The number of anilines is 1. The van der Waals surface area contributed by atoms with Gasteiger partial charge in [-0.15, -0.1) is 0 Å². The van der Waals surface area contributed by atoms with E-state index >= 15 is 0 Å². The Morgan fingerprint density at radius 1 is 1.00 bits per heavy atom. The minimum absolute atomic E-state index is 0.0597. The molecule has 0 heterocycles. The Labute approximate surface area is 118 Å². The summed E-state index contributed by atoms with van der Waals surface area (Å²) < 4.78 is 52.9. The summed E-state index contributed by atoms with van der Waals surface area (Å²) in [7, 11) is 0. The van der Waals surface area contributed by atoms with E-state index in [0.717, 1.165) is 5.56 Å². The number of rotatable bonds is 3. The van der Waals surface area contributed by atoms with Crippen molar-refractivity contribution in [2.24, 2.45) is 0 Å². The molecule has 106 valence electrons. The summed E-state index contributed by atoms with van der Waals surface area (Å²) in [6, 6.07) is 5.27. The average Bonchev–Trinajstić information content (AvgIpc) is 2.38. The molecule has 0 unspecified atom stereocenters. The van der Waals surface area contributed by atoms with Crippen molar-refractivity contribution in [2.75, 3.05) is 5.32 Å². The van der Waals surface area contributed by atoms with Crippen LogP contribution in [0.3, 0.4) is 0 Å². The lowest BCUT2D eigenvalue weighted by molar-refractivity contribution is 0.458. The predicted molar refractivity (Wildman–Crippen MR) is 69.8 cm³/mol. The number of nitrogens with one attached hydrogen (secondary N) is 1. The zero-order valence-electron chi connectivity index (χ0n) is 10.4. The first-order valence-corrected chi connectivity index (χ1v) is 6.10. The molecule has 0 amide bonds. The van der Waals surface area contributed by atoms with Gasteiger partial charge in [-0.3, -0.25) is 0 Å². The van der Waals surface area contributed by atoms with Gasteiger partial charge in [0.1, 0.15) is 5.69 Å². The highest BCUT2D eigenvalue weighted by Gasteiger charge is 2.18. The Bertz CT molecular complexity index is 632. The molecule has 0 radical (unpaired) electrons. The molecule has 2 aromatic carbocycles. The lowest BCUT2D eigenvalue weighted by Gasteiger charge is -2.11. The van der Waals surface area contributed by atoms with Crippen LogP contribution in [0.25, 0.3) is 0 Å². The molecule has 1 N–H and O–H groups in total. The molecule has 0 aliphatic rings. The van der Waals surface area contributed by atoms with Crippen LogP contribution in [-0.4, -0.2) is 0 Å². The Hall–Kier alpha value is -1.75. The van der Waals surface area contributed by atoms with Gasteiger partial charge in [0.25, 0.3) is 0 Å². The van der Waals surface area contributed by atoms with Crippen LogP contribution in [0.2, 0.25) is 5.02 Å². The van der Waals surface area contributed by atoms with E-state index in [9.17, 15) is 17.6 Å². The van der Waals surface area contributed by atoms with Crippen LogP contribution in [0.5, 0.6) is 0 Å². The second-order valence-corrected chi connectivity index (χ2v) is 4.70. The highest BCUT2D eigenvalue weighted by molar-refractivity contribution is 6.31. The van der Waals surface area contributed by atoms with E-state index in [1.54, 1.807) is 18.2 Å². The van der Waals surface area contributed by atoms with Gasteiger partial charge in [0.05, 0.1) is 0 Å². The van der Waals surface area contributed by atoms with Crippen molar-refractivity contribution in [2.45, 2.75) is 13.5 Å². The smallest absolute Gasteiger partial charge is 0.185 e. The highest BCUT2D eigenvalue weighted by atomic mass is 35.5. The molecule has 0 aliphatic heterocycles. The maximum absolute atomic E-state index is 13.4. The van der Waals surface area contributed by atoms with Crippen LogP contribution in [-0.2, 0) is 6.54 Å². The lowest BCUT2D eigenvalue weighted by Crippen LogP contribution is -2.07. The van der Waals surface area contributed by atoms with Crippen LogP contribution in [0.15, 0.2) is 24.3 Å². The topological polar surface area (TPSA) is 12.0 Å². The second kappa shape index (κ2) is 5.71. The van der Waals surface area contributed by atoms with Gasteiger partial charge < -0.3 is 5.32 Å². The summed E-state index contributed by atoms with van der Waals surface area (Å²) in [6.07, 6.45) is 0. The Morgan fingerprint density at radius 2 is 1.60 bits per heavy atom. The Kier molecular flexibility index (Phi) is 4.18. The molecule has 1 nitrogen and oxygen atoms in total. The zero-order chi connectivity index (χ0) is 14.9. The maximum atomic E-state index is 13.4. The molecular weight excluding hydrogens is 294 g/mol. The fourth-order valence-electron chi connectivity index (χ4n) is 1.71. The third kappa shape index (κ3) is 2.88. The molecule has 2 aromatic rings. The second-order valence-electron chi connectivity index (χ2n) is 4.29. The predicted octanol–water partition coefficient (Wildman–Crippen LogP) is 4.82. The molecule has 0 bridgehead atoms. The van der Waals surface area contributed by atoms with Crippen molar-refractivity contribution in [1.29, 1.82) is 0 Å². The minimum atomic E-state index is -1.47. The molecule has 20 heavy (non-hydrogen) atoms. The van der Waals surface area contributed by atoms with E-state index in [2.05, 4.69) is 5.32 Å². The van der Waals surface area contributed by atoms with Gasteiger partial charge in [-0.05, 0) is 24.1 Å². The first-order chi connectivity index (χ1) is 9.40. The first kappa shape index (κ1) is 14.7. The lowest BCUT2D eigenvalue weighted by atomic mass is 10.1. The molecule has 0 saturated carbocycles. The normalized spacial score (nSPS) is 10.7. The third-order valence-corrected chi connectivity index (χ3v) is 3.13. The van der Waals surface area contributed by atoms with E-state index in [0.29, 0.717) is 10.6 Å². The van der Waals surface area contributed by atoms with Crippen LogP contribution < -0.4 is 5.32 Å². The molecule has 0 fully saturated rings. The first-order valence-electron chi connectivity index (χ1n) is 5.72. The summed E-state index contributed by atoms with van der Waals surface area (Å²) in [5.74, 6) is -5.85. The molecule has 0 saturated heterocycles. The van der Waals surface area contributed by atoms with Crippen LogP contribution in [0, 0.1) is 30.2 Å².